The topological polar surface area (TPSA) is 19.9 Å². The van der Waals surface area contributed by atoms with Gasteiger partial charge in [-0.15, -0.1) is 0 Å². The number of rotatable bonds is 3. The van der Waals surface area contributed by atoms with E-state index in [1.807, 2.05) is 0 Å². The molecule has 0 saturated heterocycles. The average Bonchev–Trinajstić information content (AvgIpc) is 1.65. The van der Waals surface area contributed by atoms with Crippen molar-refractivity contribution in [2.24, 2.45) is 0 Å². The van der Waals surface area contributed by atoms with Crippen LogP contribution < -0.4 is 0 Å². The summed E-state index contributed by atoms with van der Waals surface area (Å²) in [5.41, 5.74) is 0. The minimum Gasteiger partial charge on any atom is -0.233 e. The van der Waals surface area contributed by atoms with Gasteiger partial charge < -0.3 is 0 Å². The molecule has 2 unspecified atom stereocenters. The predicted octanol–water partition coefficient (Wildman–Crippen LogP) is 2.37. The molecule has 0 rings (SSSR count). The van der Waals surface area contributed by atoms with E-state index in [0.29, 0.717) is 4.83 Å². The highest BCUT2D eigenvalue weighted by Gasteiger charge is 2.04. The second-order valence-corrected chi connectivity index (χ2v) is 3.35. The first-order valence-electron chi connectivity index (χ1n) is 2.96. The Labute approximate surface area is 59.2 Å². The molecule has 1 nitrogen and oxygen atoms in total. The van der Waals surface area contributed by atoms with E-state index >= 15 is 0 Å². The molecule has 0 aliphatic carbocycles. The van der Waals surface area contributed by atoms with Gasteiger partial charge in [0.25, 0.3) is 0 Å². The van der Waals surface area contributed by atoms with Gasteiger partial charge in [-0.2, -0.15) is 0 Å². The first-order chi connectivity index (χ1) is 3.66. The fourth-order valence-corrected chi connectivity index (χ4v) is 1.05. The second kappa shape index (κ2) is 4.33. The lowest BCUT2D eigenvalue weighted by Gasteiger charge is -2.05. The van der Waals surface area contributed by atoms with Crippen molar-refractivity contribution in [2.45, 2.75) is 37.6 Å². The molecule has 0 amide bonds. The standard InChI is InChI=1S/C6H12BrO/c1-3-6(7)4-5(2)8/h5-6H,3-4H2,1-2H3. The molecule has 0 aromatic carbocycles. The quantitative estimate of drug-likeness (QED) is 0.594. The van der Waals surface area contributed by atoms with Gasteiger partial charge in [0, 0.05) is 4.83 Å². The number of hydrogen-bond acceptors (Lipinski definition) is 0. The average molecular weight is 180 g/mol. The molecule has 2 heteroatoms. The zero-order chi connectivity index (χ0) is 6.57. The second-order valence-electron chi connectivity index (χ2n) is 2.05. The number of alkyl halides is 1. The summed E-state index contributed by atoms with van der Waals surface area (Å²) in [6.45, 7) is 3.77. The van der Waals surface area contributed by atoms with E-state index in [9.17, 15) is 5.11 Å². The molecule has 0 aromatic rings. The van der Waals surface area contributed by atoms with Crippen molar-refractivity contribution in [3.8, 4) is 0 Å². The van der Waals surface area contributed by atoms with Crippen molar-refractivity contribution in [2.75, 3.05) is 0 Å². The summed E-state index contributed by atoms with van der Waals surface area (Å²) in [7, 11) is 0. The van der Waals surface area contributed by atoms with Crippen LogP contribution in [0.3, 0.4) is 0 Å². The smallest absolute Gasteiger partial charge is 0.0912 e. The van der Waals surface area contributed by atoms with Gasteiger partial charge in [-0.3, -0.25) is 0 Å². The van der Waals surface area contributed by atoms with E-state index in [-0.39, 0.29) is 0 Å². The third-order valence-corrected chi connectivity index (χ3v) is 2.05. The molecule has 0 aromatic heterocycles. The molecular formula is C6H12BrO. The van der Waals surface area contributed by atoms with Gasteiger partial charge in [0.05, 0.1) is 6.10 Å². The summed E-state index contributed by atoms with van der Waals surface area (Å²) in [5, 5.41) is 10.5. The normalized spacial score (nSPS) is 18.0. The zero-order valence-corrected chi connectivity index (χ0v) is 6.94. The van der Waals surface area contributed by atoms with Crippen LogP contribution in [0.5, 0.6) is 0 Å². The van der Waals surface area contributed by atoms with Gasteiger partial charge in [-0.05, 0) is 19.8 Å². The molecule has 0 aliphatic heterocycles. The lowest BCUT2D eigenvalue weighted by molar-refractivity contribution is 0.0975. The lowest BCUT2D eigenvalue weighted by Crippen LogP contribution is -2.06. The Morgan fingerprint density at radius 3 is 2.25 bits per heavy atom. The van der Waals surface area contributed by atoms with Gasteiger partial charge >= 0.3 is 0 Å². The monoisotopic (exact) mass is 179 g/mol. The molecule has 49 valence electrons. The van der Waals surface area contributed by atoms with Crippen LogP contribution in [-0.2, 0) is 5.11 Å². The summed E-state index contributed by atoms with van der Waals surface area (Å²) in [6, 6.07) is 0. The van der Waals surface area contributed by atoms with Crippen molar-refractivity contribution in [3.63, 3.8) is 0 Å². The highest BCUT2D eigenvalue weighted by Crippen LogP contribution is 2.11. The van der Waals surface area contributed by atoms with E-state index in [1.165, 1.54) is 0 Å². The minimum absolute atomic E-state index is 0.417. The Balaban J connectivity index is 3.10. The maximum absolute atomic E-state index is 10.5. The third-order valence-electron chi connectivity index (χ3n) is 1.03. The summed E-state index contributed by atoms with van der Waals surface area (Å²) < 4.78 is 0. The van der Waals surface area contributed by atoms with Crippen molar-refractivity contribution in [3.05, 3.63) is 0 Å². The fourth-order valence-electron chi connectivity index (χ4n) is 0.527. The van der Waals surface area contributed by atoms with Crippen LogP contribution in [-0.4, -0.2) is 10.9 Å². The van der Waals surface area contributed by atoms with Crippen LogP contribution in [0.25, 0.3) is 0 Å². The van der Waals surface area contributed by atoms with E-state index in [1.54, 1.807) is 6.92 Å². The first-order valence-corrected chi connectivity index (χ1v) is 3.88. The zero-order valence-electron chi connectivity index (χ0n) is 5.36. The summed E-state index contributed by atoms with van der Waals surface area (Å²) in [4.78, 5) is 0.426. The summed E-state index contributed by atoms with van der Waals surface area (Å²) in [6.07, 6.45) is 1.38. The maximum Gasteiger partial charge on any atom is 0.0912 e. The molecule has 1 radical (unpaired) electrons. The van der Waals surface area contributed by atoms with E-state index in [2.05, 4.69) is 22.9 Å². The predicted molar refractivity (Wildman–Crippen MR) is 37.8 cm³/mol. The molecular weight excluding hydrogens is 168 g/mol. The fraction of sp³-hybridized carbons (Fsp3) is 1.00. The van der Waals surface area contributed by atoms with Crippen LogP contribution >= 0.6 is 15.9 Å². The third kappa shape index (κ3) is 4.60. The minimum atomic E-state index is -0.417. The van der Waals surface area contributed by atoms with Crippen LogP contribution in [0.1, 0.15) is 26.7 Å². The SMILES string of the molecule is CCC(Br)CC(C)[O]. The Bertz CT molecular complexity index is 54.5. The molecule has 2 atom stereocenters. The van der Waals surface area contributed by atoms with Crippen molar-refractivity contribution >= 4 is 15.9 Å². The van der Waals surface area contributed by atoms with Crippen LogP contribution in [0.2, 0.25) is 0 Å². The van der Waals surface area contributed by atoms with Gasteiger partial charge in [-0.1, -0.05) is 22.9 Å². The van der Waals surface area contributed by atoms with Crippen molar-refractivity contribution in [1.82, 2.24) is 0 Å². The highest BCUT2D eigenvalue weighted by molar-refractivity contribution is 9.09. The molecule has 0 fully saturated rings. The first kappa shape index (κ1) is 8.44. The van der Waals surface area contributed by atoms with Gasteiger partial charge in [0.2, 0.25) is 0 Å². The molecule has 0 aliphatic rings. The Hall–Kier alpha value is 0.440. The molecule has 0 bridgehead atoms. The van der Waals surface area contributed by atoms with Gasteiger partial charge in [0.15, 0.2) is 0 Å². The van der Waals surface area contributed by atoms with E-state index in [0.717, 1.165) is 12.8 Å². The Morgan fingerprint density at radius 2 is 2.12 bits per heavy atom. The van der Waals surface area contributed by atoms with Crippen molar-refractivity contribution in [1.29, 1.82) is 0 Å². The molecule has 0 N–H and O–H groups in total. The summed E-state index contributed by atoms with van der Waals surface area (Å²) in [5.74, 6) is 0. The lowest BCUT2D eigenvalue weighted by atomic mass is 10.2. The number of halogens is 1. The van der Waals surface area contributed by atoms with E-state index < -0.39 is 6.10 Å². The molecule has 0 spiro atoms. The van der Waals surface area contributed by atoms with Crippen LogP contribution in [0, 0.1) is 0 Å². The van der Waals surface area contributed by atoms with E-state index in [4.69, 9.17) is 0 Å². The van der Waals surface area contributed by atoms with Crippen LogP contribution in [0.15, 0.2) is 0 Å². The Kier molecular flexibility index (Phi) is 4.57. The maximum atomic E-state index is 10.5. The van der Waals surface area contributed by atoms with Gasteiger partial charge in [-0.25, -0.2) is 5.11 Å². The molecule has 0 heterocycles. The van der Waals surface area contributed by atoms with Crippen molar-refractivity contribution < 1.29 is 5.11 Å². The van der Waals surface area contributed by atoms with Crippen LogP contribution in [0.4, 0.5) is 0 Å². The highest BCUT2D eigenvalue weighted by atomic mass is 79.9. The molecule has 0 saturated carbocycles. The largest absolute Gasteiger partial charge is 0.233 e. The Morgan fingerprint density at radius 1 is 1.62 bits per heavy atom. The van der Waals surface area contributed by atoms with Gasteiger partial charge in [0.1, 0.15) is 0 Å². The molecule has 8 heavy (non-hydrogen) atoms. The number of hydrogen-bond donors (Lipinski definition) is 0. The summed E-state index contributed by atoms with van der Waals surface area (Å²) >= 11 is 3.38.